The van der Waals surface area contributed by atoms with Crippen LogP contribution in [-0.2, 0) is 11.3 Å². The van der Waals surface area contributed by atoms with Crippen LogP contribution in [0.1, 0.15) is 16.7 Å². The summed E-state index contributed by atoms with van der Waals surface area (Å²) in [4.78, 5) is 0. The Labute approximate surface area is 95.0 Å². The van der Waals surface area contributed by atoms with Crippen molar-refractivity contribution in [3.8, 4) is 0 Å². The summed E-state index contributed by atoms with van der Waals surface area (Å²) in [7, 11) is -0.751. The Morgan fingerprint density at radius 3 is 2.81 bits per heavy atom. The highest BCUT2D eigenvalue weighted by molar-refractivity contribution is 6.62. The second-order valence-corrected chi connectivity index (χ2v) is 4.47. The van der Waals surface area contributed by atoms with Gasteiger partial charge in [-0.2, -0.15) is 0 Å². The third kappa shape index (κ3) is 1.29. The SMILES string of the molecule is Cc1ccc2c3c(cc(C)c2c1)B(O)OC3. The van der Waals surface area contributed by atoms with E-state index in [1.54, 1.807) is 0 Å². The summed E-state index contributed by atoms with van der Waals surface area (Å²) in [6.45, 7) is 4.68. The Morgan fingerprint density at radius 1 is 1.19 bits per heavy atom. The molecular formula is C13H13BO2. The first-order chi connectivity index (χ1) is 7.66. The van der Waals surface area contributed by atoms with E-state index in [1.807, 2.05) is 6.07 Å². The molecule has 0 saturated heterocycles. The largest absolute Gasteiger partial charge is 0.491 e. The summed E-state index contributed by atoms with van der Waals surface area (Å²) < 4.78 is 5.27. The number of hydrogen-bond donors (Lipinski definition) is 1. The molecule has 0 aromatic heterocycles. The van der Waals surface area contributed by atoms with E-state index in [1.165, 1.54) is 21.9 Å². The summed E-state index contributed by atoms with van der Waals surface area (Å²) in [5, 5.41) is 12.2. The maximum Gasteiger partial charge on any atom is 0.491 e. The maximum atomic E-state index is 9.70. The normalized spacial score (nSPS) is 14.6. The molecule has 0 bridgehead atoms. The topological polar surface area (TPSA) is 29.5 Å². The van der Waals surface area contributed by atoms with Crippen molar-refractivity contribution >= 4 is 23.4 Å². The van der Waals surface area contributed by atoms with Crippen molar-refractivity contribution in [2.75, 3.05) is 0 Å². The van der Waals surface area contributed by atoms with E-state index in [-0.39, 0.29) is 0 Å². The Hall–Kier alpha value is -1.32. The third-order valence-electron chi connectivity index (χ3n) is 3.30. The molecule has 1 aliphatic rings. The molecule has 0 amide bonds. The van der Waals surface area contributed by atoms with Gasteiger partial charge in [0.1, 0.15) is 0 Å². The summed E-state index contributed by atoms with van der Waals surface area (Å²) in [6.07, 6.45) is 0. The van der Waals surface area contributed by atoms with Gasteiger partial charge in [-0.1, -0.05) is 29.8 Å². The van der Waals surface area contributed by atoms with Crippen LogP contribution in [0.4, 0.5) is 0 Å². The van der Waals surface area contributed by atoms with Gasteiger partial charge in [0.25, 0.3) is 0 Å². The first-order valence-electron chi connectivity index (χ1n) is 5.49. The van der Waals surface area contributed by atoms with Crippen molar-refractivity contribution in [1.82, 2.24) is 0 Å². The maximum absolute atomic E-state index is 9.70. The third-order valence-corrected chi connectivity index (χ3v) is 3.30. The molecule has 0 saturated carbocycles. The van der Waals surface area contributed by atoms with Crippen LogP contribution >= 0.6 is 0 Å². The Bertz CT molecular complexity index is 578. The first-order valence-corrected chi connectivity index (χ1v) is 5.49. The van der Waals surface area contributed by atoms with Crippen LogP contribution < -0.4 is 5.46 Å². The zero-order chi connectivity index (χ0) is 11.3. The molecule has 3 heteroatoms. The lowest BCUT2D eigenvalue weighted by Crippen LogP contribution is -2.28. The quantitative estimate of drug-likeness (QED) is 0.673. The Balaban J connectivity index is 2.41. The second kappa shape index (κ2) is 3.34. The van der Waals surface area contributed by atoms with E-state index in [9.17, 15) is 5.02 Å². The van der Waals surface area contributed by atoms with Crippen LogP contribution in [-0.4, -0.2) is 12.1 Å². The molecule has 1 N–H and O–H groups in total. The molecule has 0 unspecified atom stereocenters. The zero-order valence-corrected chi connectivity index (χ0v) is 9.45. The number of hydrogen-bond acceptors (Lipinski definition) is 2. The van der Waals surface area contributed by atoms with Gasteiger partial charge in [0.2, 0.25) is 0 Å². The summed E-state index contributed by atoms with van der Waals surface area (Å²) in [5.41, 5.74) is 4.51. The van der Waals surface area contributed by atoms with Crippen LogP contribution in [0.15, 0.2) is 24.3 Å². The van der Waals surface area contributed by atoms with Crippen LogP contribution in [0, 0.1) is 13.8 Å². The zero-order valence-electron chi connectivity index (χ0n) is 9.45. The average molecular weight is 212 g/mol. The van der Waals surface area contributed by atoms with Gasteiger partial charge in [-0.25, -0.2) is 0 Å². The molecule has 2 nitrogen and oxygen atoms in total. The average Bonchev–Trinajstić information content (AvgIpc) is 2.61. The van der Waals surface area contributed by atoms with Crippen molar-refractivity contribution < 1.29 is 9.68 Å². The molecule has 2 aromatic rings. The first kappa shape index (κ1) is 9.88. The van der Waals surface area contributed by atoms with Gasteiger partial charge in [-0.3, -0.25) is 0 Å². The molecule has 2 aromatic carbocycles. The number of benzene rings is 2. The van der Waals surface area contributed by atoms with Gasteiger partial charge in [-0.05, 0) is 41.2 Å². The van der Waals surface area contributed by atoms with Crippen LogP contribution in [0.25, 0.3) is 10.8 Å². The molecule has 80 valence electrons. The molecule has 1 heterocycles. The van der Waals surface area contributed by atoms with Crippen LogP contribution in [0.5, 0.6) is 0 Å². The smallest absolute Gasteiger partial charge is 0.423 e. The predicted molar refractivity (Wildman–Crippen MR) is 65.8 cm³/mol. The molecular weight excluding hydrogens is 199 g/mol. The van der Waals surface area contributed by atoms with Gasteiger partial charge < -0.3 is 9.68 Å². The van der Waals surface area contributed by atoms with Gasteiger partial charge in [0.15, 0.2) is 0 Å². The molecule has 0 radical (unpaired) electrons. The van der Waals surface area contributed by atoms with Crippen molar-refractivity contribution in [1.29, 1.82) is 0 Å². The fourth-order valence-corrected chi connectivity index (χ4v) is 2.43. The minimum Gasteiger partial charge on any atom is -0.423 e. The van der Waals surface area contributed by atoms with E-state index >= 15 is 0 Å². The molecule has 1 aliphatic heterocycles. The van der Waals surface area contributed by atoms with Crippen molar-refractivity contribution in [2.45, 2.75) is 20.5 Å². The molecule has 0 atom stereocenters. The van der Waals surface area contributed by atoms with Gasteiger partial charge in [0.05, 0.1) is 6.61 Å². The molecule has 16 heavy (non-hydrogen) atoms. The predicted octanol–water partition coefficient (Wildman–Crippen LogP) is 1.67. The highest BCUT2D eigenvalue weighted by atomic mass is 16.5. The number of fused-ring (bicyclic) bond motifs is 3. The lowest BCUT2D eigenvalue weighted by atomic mass is 9.77. The minimum absolute atomic E-state index is 0.510. The second-order valence-electron chi connectivity index (χ2n) is 4.47. The molecule has 0 fully saturated rings. The van der Waals surface area contributed by atoms with E-state index in [2.05, 4.69) is 32.0 Å². The monoisotopic (exact) mass is 212 g/mol. The van der Waals surface area contributed by atoms with Crippen molar-refractivity contribution in [3.05, 3.63) is 41.0 Å². The summed E-state index contributed by atoms with van der Waals surface area (Å²) in [5.74, 6) is 0. The number of rotatable bonds is 0. The lowest BCUT2D eigenvalue weighted by molar-refractivity contribution is 0.276. The summed E-state index contributed by atoms with van der Waals surface area (Å²) in [6, 6.07) is 8.45. The van der Waals surface area contributed by atoms with Crippen LogP contribution in [0.3, 0.4) is 0 Å². The van der Waals surface area contributed by atoms with Crippen LogP contribution in [0.2, 0.25) is 0 Å². The highest BCUT2D eigenvalue weighted by Gasteiger charge is 2.29. The van der Waals surface area contributed by atoms with Gasteiger partial charge in [-0.15, -0.1) is 0 Å². The van der Waals surface area contributed by atoms with Crippen molar-refractivity contribution in [2.24, 2.45) is 0 Å². The van der Waals surface area contributed by atoms with Gasteiger partial charge in [0, 0.05) is 0 Å². The fraction of sp³-hybridized carbons (Fsp3) is 0.231. The highest BCUT2D eigenvalue weighted by Crippen LogP contribution is 2.26. The van der Waals surface area contributed by atoms with Gasteiger partial charge >= 0.3 is 7.12 Å². The van der Waals surface area contributed by atoms with E-state index < -0.39 is 7.12 Å². The van der Waals surface area contributed by atoms with E-state index in [0.717, 1.165) is 11.0 Å². The molecule has 3 rings (SSSR count). The van der Waals surface area contributed by atoms with E-state index in [4.69, 9.17) is 4.65 Å². The fourth-order valence-electron chi connectivity index (χ4n) is 2.43. The molecule has 0 spiro atoms. The van der Waals surface area contributed by atoms with E-state index in [0.29, 0.717) is 6.61 Å². The Kier molecular flexibility index (Phi) is 2.06. The molecule has 0 aliphatic carbocycles. The Morgan fingerprint density at radius 2 is 2.00 bits per heavy atom. The summed E-state index contributed by atoms with van der Waals surface area (Å²) >= 11 is 0. The minimum atomic E-state index is -0.751. The van der Waals surface area contributed by atoms with Crippen molar-refractivity contribution in [3.63, 3.8) is 0 Å². The number of aryl methyl sites for hydroxylation is 2. The standard InChI is InChI=1S/C13H13BO2/c1-8-3-4-10-11(5-8)9(2)6-13-12(10)7-16-14(13)15/h3-6,15H,7H2,1-2H3. The lowest BCUT2D eigenvalue weighted by Gasteiger charge is -2.08.